The number of amides is 3. The lowest BCUT2D eigenvalue weighted by Crippen LogP contribution is -2.47. The van der Waals surface area contributed by atoms with E-state index in [4.69, 9.17) is 0 Å². The summed E-state index contributed by atoms with van der Waals surface area (Å²) in [5.74, 6) is -0.831. The monoisotopic (exact) mass is 334 g/mol. The fourth-order valence-electron chi connectivity index (χ4n) is 3.71. The van der Waals surface area contributed by atoms with E-state index < -0.39 is 23.5 Å². The van der Waals surface area contributed by atoms with Crippen molar-refractivity contribution in [1.29, 1.82) is 0 Å². The summed E-state index contributed by atoms with van der Waals surface area (Å²) >= 11 is 0. The Morgan fingerprint density at radius 3 is 2.42 bits per heavy atom. The predicted molar refractivity (Wildman–Crippen MR) is 86.7 cm³/mol. The van der Waals surface area contributed by atoms with Crippen LogP contribution in [-0.2, 0) is 4.79 Å². The highest BCUT2D eigenvalue weighted by atomic mass is 19.1. The number of β-amino-alcohol motifs (C(OH)–C–C–N with tert-alkyl or cyclic N) is 1. The average Bonchev–Trinajstić information content (AvgIpc) is 2.76. The average molecular weight is 334 g/mol. The standard InChI is InChI=1S/C18H23FN2O3/c19-14-9-5-4-8-13(14)15(22)12-21-16(23)18(20-17(21)24)10-6-2-1-3-7-11-18/h4-5,8-9,15,22H,1-3,6-7,10-12H2,(H,20,24)/t15-/m0/s1. The second-order valence-electron chi connectivity index (χ2n) is 6.73. The normalized spacial score (nSPS) is 22.2. The Morgan fingerprint density at radius 2 is 1.75 bits per heavy atom. The molecule has 0 aromatic heterocycles. The zero-order valence-electron chi connectivity index (χ0n) is 13.6. The predicted octanol–water partition coefficient (Wildman–Crippen LogP) is 2.89. The van der Waals surface area contributed by atoms with Crippen molar-refractivity contribution in [2.75, 3.05) is 6.54 Å². The number of hydrogen-bond acceptors (Lipinski definition) is 3. The van der Waals surface area contributed by atoms with Crippen molar-refractivity contribution in [2.24, 2.45) is 0 Å². The number of aliphatic hydroxyl groups excluding tert-OH is 1. The van der Waals surface area contributed by atoms with Crippen LogP contribution in [0.25, 0.3) is 0 Å². The van der Waals surface area contributed by atoms with Crippen molar-refractivity contribution in [2.45, 2.75) is 56.6 Å². The number of nitrogens with one attached hydrogen (secondary N) is 1. The van der Waals surface area contributed by atoms with Gasteiger partial charge in [0.2, 0.25) is 0 Å². The van der Waals surface area contributed by atoms with Gasteiger partial charge >= 0.3 is 6.03 Å². The van der Waals surface area contributed by atoms with Gasteiger partial charge in [-0.3, -0.25) is 9.69 Å². The zero-order chi connectivity index (χ0) is 17.2. The van der Waals surface area contributed by atoms with Crippen LogP contribution in [0.1, 0.15) is 56.6 Å². The first-order chi connectivity index (χ1) is 11.5. The molecular weight excluding hydrogens is 311 g/mol. The molecule has 1 saturated heterocycles. The van der Waals surface area contributed by atoms with E-state index in [0.717, 1.165) is 37.0 Å². The molecule has 24 heavy (non-hydrogen) atoms. The number of imide groups is 1. The number of hydrogen-bond donors (Lipinski definition) is 2. The molecule has 1 aliphatic heterocycles. The van der Waals surface area contributed by atoms with Gasteiger partial charge in [0.1, 0.15) is 11.4 Å². The molecule has 1 atom stereocenters. The Morgan fingerprint density at radius 1 is 1.12 bits per heavy atom. The van der Waals surface area contributed by atoms with E-state index in [0.29, 0.717) is 12.8 Å². The Bertz CT molecular complexity index is 626. The fourth-order valence-corrected chi connectivity index (χ4v) is 3.71. The first-order valence-corrected chi connectivity index (χ1v) is 8.60. The van der Waals surface area contributed by atoms with Crippen LogP contribution in [0, 0.1) is 5.82 Å². The van der Waals surface area contributed by atoms with Gasteiger partial charge in [-0.1, -0.05) is 50.3 Å². The van der Waals surface area contributed by atoms with Crippen LogP contribution in [0.3, 0.4) is 0 Å². The van der Waals surface area contributed by atoms with Gasteiger partial charge in [-0.15, -0.1) is 0 Å². The molecule has 0 bridgehead atoms. The van der Waals surface area contributed by atoms with Crippen LogP contribution < -0.4 is 5.32 Å². The Labute approximate surface area is 140 Å². The van der Waals surface area contributed by atoms with Crippen LogP contribution in [0.15, 0.2) is 24.3 Å². The summed E-state index contributed by atoms with van der Waals surface area (Å²) in [6, 6.07) is 5.37. The van der Waals surface area contributed by atoms with Crippen molar-refractivity contribution in [1.82, 2.24) is 10.2 Å². The number of halogens is 1. The molecule has 3 rings (SSSR count). The van der Waals surface area contributed by atoms with E-state index in [2.05, 4.69) is 5.32 Å². The molecule has 1 saturated carbocycles. The van der Waals surface area contributed by atoms with Crippen LogP contribution >= 0.6 is 0 Å². The summed E-state index contributed by atoms with van der Waals surface area (Å²) in [5.41, 5.74) is -0.747. The third kappa shape index (κ3) is 3.15. The van der Waals surface area contributed by atoms with Gasteiger partial charge < -0.3 is 10.4 Å². The molecule has 1 aliphatic carbocycles. The smallest absolute Gasteiger partial charge is 0.325 e. The van der Waals surface area contributed by atoms with Crippen LogP contribution in [0.5, 0.6) is 0 Å². The lowest BCUT2D eigenvalue weighted by Gasteiger charge is -2.28. The molecule has 0 unspecified atom stereocenters. The Balaban J connectivity index is 1.75. The third-order valence-corrected chi connectivity index (χ3v) is 5.07. The first kappa shape index (κ1) is 16.9. The van der Waals surface area contributed by atoms with E-state index >= 15 is 0 Å². The maximum absolute atomic E-state index is 13.8. The largest absolute Gasteiger partial charge is 0.386 e. The highest BCUT2D eigenvalue weighted by Crippen LogP contribution is 2.33. The van der Waals surface area contributed by atoms with Crippen LogP contribution in [-0.4, -0.2) is 34.0 Å². The number of benzene rings is 1. The highest BCUT2D eigenvalue weighted by Gasteiger charge is 2.50. The minimum atomic E-state index is -1.23. The van der Waals surface area contributed by atoms with Crippen molar-refractivity contribution in [3.8, 4) is 0 Å². The van der Waals surface area contributed by atoms with Gasteiger partial charge in [-0.05, 0) is 18.9 Å². The molecule has 0 radical (unpaired) electrons. The topological polar surface area (TPSA) is 69.6 Å². The number of urea groups is 1. The van der Waals surface area contributed by atoms with Gasteiger partial charge in [0.05, 0.1) is 12.6 Å². The molecule has 2 aliphatic rings. The molecule has 6 heteroatoms. The van der Waals surface area contributed by atoms with Gasteiger partial charge in [0.25, 0.3) is 5.91 Å². The SMILES string of the molecule is O=C1NC2(CCCCCCC2)C(=O)N1C[C@H](O)c1ccccc1F. The number of rotatable bonds is 3. The van der Waals surface area contributed by atoms with Gasteiger partial charge in [0.15, 0.2) is 0 Å². The van der Waals surface area contributed by atoms with Gasteiger partial charge in [-0.25, -0.2) is 9.18 Å². The fraction of sp³-hybridized carbons (Fsp3) is 0.556. The summed E-state index contributed by atoms with van der Waals surface area (Å²) in [7, 11) is 0. The van der Waals surface area contributed by atoms with Crippen LogP contribution in [0.2, 0.25) is 0 Å². The van der Waals surface area contributed by atoms with E-state index in [1.807, 2.05) is 0 Å². The van der Waals surface area contributed by atoms with Gasteiger partial charge in [-0.2, -0.15) is 0 Å². The number of carbonyl (C=O) groups excluding carboxylic acids is 2. The molecule has 5 nitrogen and oxygen atoms in total. The quantitative estimate of drug-likeness (QED) is 0.835. The molecule has 1 spiro atoms. The molecular formula is C18H23FN2O3. The van der Waals surface area contributed by atoms with Crippen molar-refractivity contribution < 1.29 is 19.1 Å². The maximum atomic E-state index is 13.8. The Hall–Kier alpha value is -1.95. The van der Waals surface area contributed by atoms with Crippen molar-refractivity contribution >= 4 is 11.9 Å². The third-order valence-electron chi connectivity index (χ3n) is 5.07. The van der Waals surface area contributed by atoms with Crippen LogP contribution in [0.4, 0.5) is 9.18 Å². The second-order valence-corrected chi connectivity index (χ2v) is 6.73. The second kappa shape index (κ2) is 6.89. The molecule has 130 valence electrons. The summed E-state index contributed by atoms with van der Waals surface area (Å²) in [4.78, 5) is 26.2. The maximum Gasteiger partial charge on any atom is 0.325 e. The molecule has 3 amide bonds. The molecule has 2 N–H and O–H groups in total. The molecule has 1 aromatic carbocycles. The van der Waals surface area contributed by atoms with E-state index in [-0.39, 0.29) is 18.0 Å². The van der Waals surface area contributed by atoms with Crippen molar-refractivity contribution in [3.63, 3.8) is 0 Å². The summed E-state index contributed by atoms with van der Waals surface area (Å²) < 4.78 is 13.8. The van der Waals surface area contributed by atoms with Crippen molar-refractivity contribution in [3.05, 3.63) is 35.6 Å². The minimum absolute atomic E-state index is 0.0942. The number of aliphatic hydroxyl groups is 1. The summed E-state index contributed by atoms with van der Waals surface area (Å²) in [6.45, 7) is -0.229. The molecule has 1 heterocycles. The van der Waals surface area contributed by atoms with E-state index in [9.17, 15) is 19.1 Å². The minimum Gasteiger partial charge on any atom is -0.386 e. The first-order valence-electron chi connectivity index (χ1n) is 8.60. The number of carbonyl (C=O) groups is 2. The van der Waals surface area contributed by atoms with E-state index in [1.165, 1.54) is 18.2 Å². The lowest BCUT2D eigenvalue weighted by molar-refractivity contribution is -0.133. The van der Waals surface area contributed by atoms with E-state index in [1.54, 1.807) is 6.07 Å². The number of nitrogens with zero attached hydrogens (tertiary/aromatic N) is 1. The lowest BCUT2D eigenvalue weighted by atomic mass is 9.84. The summed E-state index contributed by atoms with van der Waals surface area (Å²) in [5, 5.41) is 13.1. The Kier molecular flexibility index (Phi) is 4.85. The molecule has 1 aromatic rings. The van der Waals surface area contributed by atoms with Gasteiger partial charge in [0, 0.05) is 5.56 Å². The zero-order valence-corrected chi connectivity index (χ0v) is 13.6. The highest BCUT2D eigenvalue weighted by molar-refractivity contribution is 6.07. The molecule has 2 fully saturated rings. The summed E-state index contributed by atoms with van der Waals surface area (Å²) in [6.07, 6.45) is 5.10.